The van der Waals surface area contributed by atoms with E-state index in [1.54, 1.807) is 6.21 Å². The SMILES string of the molecule is O=c1c2cc(I)ccc2nc(-c2ccccc2)n1/N=C/c1ccccc1. The predicted octanol–water partition coefficient (Wildman–Crippen LogP) is 4.55. The Bertz CT molecular complexity index is 1150. The van der Waals surface area contributed by atoms with Gasteiger partial charge in [-0.1, -0.05) is 60.7 Å². The van der Waals surface area contributed by atoms with Gasteiger partial charge in [0.15, 0.2) is 5.82 Å². The van der Waals surface area contributed by atoms with Crippen LogP contribution in [0.2, 0.25) is 0 Å². The van der Waals surface area contributed by atoms with Gasteiger partial charge in [0.2, 0.25) is 0 Å². The van der Waals surface area contributed by atoms with Gasteiger partial charge in [-0.25, -0.2) is 4.98 Å². The van der Waals surface area contributed by atoms with Crippen molar-refractivity contribution in [3.05, 3.63) is 98.4 Å². The summed E-state index contributed by atoms with van der Waals surface area (Å²) in [7, 11) is 0. The summed E-state index contributed by atoms with van der Waals surface area (Å²) in [6.45, 7) is 0. The van der Waals surface area contributed by atoms with Gasteiger partial charge in [-0.3, -0.25) is 4.79 Å². The summed E-state index contributed by atoms with van der Waals surface area (Å²) in [6, 6.07) is 25.0. The minimum Gasteiger partial charge on any atom is -0.267 e. The molecule has 0 radical (unpaired) electrons. The van der Waals surface area contributed by atoms with Crippen molar-refractivity contribution < 1.29 is 0 Å². The number of halogens is 1. The molecule has 3 aromatic carbocycles. The molecule has 126 valence electrons. The van der Waals surface area contributed by atoms with Crippen LogP contribution in [0.15, 0.2) is 88.8 Å². The van der Waals surface area contributed by atoms with Gasteiger partial charge >= 0.3 is 0 Å². The van der Waals surface area contributed by atoms with Crippen molar-refractivity contribution in [3.8, 4) is 11.4 Å². The lowest BCUT2D eigenvalue weighted by Gasteiger charge is -2.09. The smallest absolute Gasteiger partial charge is 0.267 e. The molecule has 0 atom stereocenters. The van der Waals surface area contributed by atoms with E-state index in [9.17, 15) is 4.79 Å². The molecule has 1 aromatic heterocycles. The van der Waals surface area contributed by atoms with E-state index in [0.717, 1.165) is 14.7 Å². The Morgan fingerprint density at radius 3 is 2.35 bits per heavy atom. The maximum absolute atomic E-state index is 13.1. The number of hydrogen-bond acceptors (Lipinski definition) is 3. The number of rotatable bonds is 3. The third-order valence-corrected chi connectivity index (χ3v) is 4.63. The first-order chi connectivity index (χ1) is 12.7. The highest BCUT2D eigenvalue weighted by Crippen LogP contribution is 2.20. The average molecular weight is 451 g/mol. The number of hydrogen-bond donors (Lipinski definition) is 0. The summed E-state index contributed by atoms with van der Waals surface area (Å²) >= 11 is 2.19. The van der Waals surface area contributed by atoms with Gasteiger partial charge in [0.05, 0.1) is 17.1 Å². The molecule has 0 saturated heterocycles. The fraction of sp³-hybridized carbons (Fsp3) is 0. The monoisotopic (exact) mass is 451 g/mol. The molecule has 26 heavy (non-hydrogen) atoms. The van der Waals surface area contributed by atoms with Gasteiger partial charge in [0.25, 0.3) is 5.56 Å². The second-order valence-corrected chi connectivity index (χ2v) is 6.98. The molecular weight excluding hydrogens is 437 g/mol. The quantitative estimate of drug-likeness (QED) is 0.339. The lowest BCUT2D eigenvalue weighted by molar-refractivity contribution is 0.829. The largest absolute Gasteiger partial charge is 0.282 e. The van der Waals surface area contributed by atoms with Gasteiger partial charge in [-0.15, -0.1) is 0 Å². The molecule has 1 heterocycles. The van der Waals surface area contributed by atoms with E-state index < -0.39 is 0 Å². The van der Waals surface area contributed by atoms with Gasteiger partial charge in [-0.05, 0) is 46.4 Å². The van der Waals surface area contributed by atoms with Gasteiger partial charge < -0.3 is 0 Å². The van der Waals surface area contributed by atoms with Crippen molar-refractivity contribution in [2.24, 2.45) is 5.10 Å². The highest BCUT2D eigenvalue weighted by Gasteiger charge is 2.12. The summed E-state index contributed by atoms with van der Waals surface area (Å²) < 4.78 is 2.36. The Morgan fingerprint density at radius 1 is 0.923 bits per heavy atom. The van der Waals surface area contributed by atoms with Crippen LogP contribution >= 0.6 is 22.6 Å². The first-order valence-corrected chi connectivity index (χ1v) is 9.17. The zero-order valence-corrected chi connectivity index (χ0v) is 15.9. The van der Waals surface area contributed by atoms with Crippen LogP contribution in [-0.2, 0) is 0 Å². The minimum atomic E-state index is -0.181. The topological polar surface area (TPSA) is 47.2 Å². The van der Waals surface area contributed by atoms with Crippen LogP contribution in [0.1, 0.15) is 5.56 Å². The third kappa shape index (κ3) is 3.30. The Morgan fingerprint density at radius 2 is 1.62 bits per heavy atom. The molecule has 4 nitrogen and oxygen atoms in total. The van der Waals surface area contributed by atoms with Crippen LogP contribution in [0.5, 0.6) is 0 Å². The molecule has 4 rings (SSSR count). The molecule has 4 aromatic rings. The number of aromatic nitrogens is 2. The molecule has 0 fully saturated rings. The fourth-order valence-electron chi connectivity index (χ4n) is 2.69. The summed E-state index contributed by atoms with van der Waals surface area (Å²) in [4.78, 5) is 17.8. The Labute approximate surface area is 164 Å². The molecule has 0 amide bonds. The molecule has 0 saturated carbocycles. The minimum absolute atomic E-state index is 0.181. The van der Waals surface area contributed by atoms with Crippen LogP contribution in [0.3, 0.4) is 0 Å². The Balaban J connectivity index is 1.97. The van der Waals surface area contributed by atoms with E-state index in [4.69, 9.17) is 4.98 Å². The van der Waals surface area contributed by atoms with Crippen molar-refractivity contribution in [1.29, 1.82) is 0 Å². The Kier molecular flexibility index (Phi) is 4.62. The van der Waals surface area contributed by atoms with E-state index in [1.165, 1.54) is 4.68 Å². The van der Waals surface area contributed by atoms with E-state index in [1.807, 2.05) is 78.9 Å². The van der Waals surface area contributed by atoms with Crippen LogP contribution in [0, 0.1) is 3.57 Å². The summed E-state index contributed by atoms with van der Waals surface area (Å²) in [6.07, 6.45) is 1.68. The Hall–Kier alpha value is -2.80. The second kappa shape index (κ2) is 7.21. The lowest BCUT2D eigenvalue weighted by Crippen LogP contribution is -2.20. The van der Waals surface area contributed by atoms with Crippen molar-refractivity contribution in [2.45, 2.75) is 0 Å². The summed E-state index contributed by atoms with van der Waals surface area (Å²) in [5.74, 6) is 0.525. The molecule has 0 spiro atoms. The molecule has 0 bridgehead atoms. The van der Waals surface area contributed by atoms with E-state index in [0.29, 0.717) is 16.7 Å². The second-order valence-electron chi connectivity index (χ2n) is 5.74. The normalized spacial score (nSPS) is 11.3. The van der Waals surface area contributed by atoms with E-state index >= 15 is 0 Å². The molecular formula is C21H14IN3O. The van der Waals surface area contributed by atoms with Gasteiger partial charge in [-0.2, -0.15) is 9.78 Å². The van der Waals surface area contributed by atoms with Gasteiger partial charge in [0, 0.05) is 9.13 Å². The first-order valence-electron chi connectivity index (χ1n) is 8.09. The maximum atomic E-state index is 13.1. The van der Waals surface area contributed by atoms with Crippen molar-refractivity contribution in [3.63, 3.8) is 0 Å². The molecule has 0 aliphatic carbocycles. The molecule has 5 heteroatoms. The third-order valence-electron chi connectivity index (χ3n) is 3.96. The van der Waals surface area contributed by atoms with Crippen LogP contribution in [0.4, 0.5) is 0 Å². The molecule has 0 aliphatic rings. The van der Waals surface area contributed by atoms with Gasteiger partial charge in [0.1, 0.15) is 0 Å². The highest BCUT2D eigenvalue weighted by atomic mass is 127. The number of benzene rings is 3. The lowest BCUT2D eigenvalue weighted by atomic mass is 10.2. The molecule has 0 N–H and O–H groups in total. The maximum Gasteiger partial charge on any atom is 0.282 e. The predicted molar refractivity (Wildman–Crippen MR) is 114 cm³/mol. The zero-order chi connectivity index (χ0) is 17.9. The number of nitrogens with zero attached hydrogens (tertiary/aromatic N) is 3. The van der Waals surface area contributed by atoms with E-state index in [2.05, 4.69) is 27.7 Å². The van der Waals surface area contributed by atoms with Crippen LogP contribution < -0.4 is 5.56 Å². The standard InChI is InChI=1S/C21H14IN3O/c22-17-11-12-19-18(13-17)21(26)25(23-14-15-7-3-1-4-8-15)20(24-19)16-9-5-2-6-10-16/h1-14H/b23-14+. The zero-order valence-electron chi connectivity index (χ0n) is 13.7. The molecule has 0 aliphatic heterocycles. The van der Waals surface area contributed by atoms with Crippen LogP contribution in [-0.4, -0.2) is 15.9 Å². The van der Waals surface area contributed by atoms with Crippen molar-refractivity contribution in [2.75, 3.05) is 0 Å². The van der Waals surface area contributed by atoms with Crippen molar-refractivity contribution >= 4 is 39.7 Å². The average Bonchev–Trinajstić information content (AvgIpc) is 2.69. The molecule has 0 unspecified atom stereocenters. The summed E-state index contributed by atoms with van der Waals surface area (Å²) in [5, 5.41) is 5.00. The van der Waals surface area contributed by atoms with Crippen molar-refractivity contribution in [1.82, 2.24) is 9.66 Å². The summed E-state index contributed by atoms with van der Waals surface area (Å²) in [5.41, 5.74) is 2.25. The van der Waals surface area contributed by atoms with Crippen LogP contribution in [0.25, 0.3) is 22.3 Å². The fourth-order valence-corrected chi connectivity index (χ4v) is 3.18. The number of fused-ring (bicyclic) bond motifs is 1. The first kappa shape index (κ1) is 16.7. The highest BCUT2D eigenvalue weighted by molar-refractivity contribution is 14.1. The van der Waals surface area contributed by atoms with E-state index in [-0.39, 0.29) is 5.56 Å².